The largest absolute Gasteiger partial charge is 0.376 e. The lowest BCUT2D eigenvalue weighted by Gasteiger charge is -2.27. The van der Waals surface area contributed by atoms with Gasteiger partial charge in [-0.3, -0.25) is 4.79 Å². The Morgan fingerprint density at radius 2 is 2.29 bits per heavy atom. The average molecular weight is 369 g/mol. The van der Waals surface area contributed by atoms with Crippen LogP contribution in [0.1, 0.15) is 10.4 Å². The standard InChI is InChI=1S/C15H14BrFN2OS/c16-12-2-1-11(7-13(12)17)18-8-15(20)19-5-3-14-10(9-19)4-6-21-14/h1-2,4,6-7,18H,3,5,8-9H2. The molecule has 1 aromatic carbocycles. The molecule has 2 aromatic rings. The lowest BCUT2D eigenvalue weighted by molar-refractivity contribution is -0.130. The van der Waals surface area contributed by atoms with Crippen LogP contribution in [0.5, 0.6) is 0 Å². The van der Waals surface area contributed by atoms with Crippen molar-refractivity contribution in [3.8, 4) is 0 Å². The predicted molar refractivity (Wildman–Crippen MR) is 86.0 cm³/mol. The van der Waals surface area contributed by atoms with Gasteiger partial charge in [-0.05, 0) is 57.6 Å². The first kappa shape index (κ1) is 14.5. The van der Waals surface area contributed by atoms with Gasteiger partial charge in [-0.15, -0.1) is 11.3 Å². The molecule has 1 amide bonds. The molecule has 110 valence electrons. The van der Waals surface area contributed by atoms with Crippen LogP contribution >= 0.6 is 27.3 Å². The van der Waals surface area contributed by atoms with Crippen molar-refractivity contribution in [1.82, 2.24) is 4.90 Å². The molecular weight excluding hydrogens is 355 g/mol. The Morgan fingerprint density at radius 1 is 1.43 bits per heavy atom. The molecule has 2 heterocycles. The quantitative estimate of drug-likeness (QED) is 0.896. The predicted octanol–water partition coefficient (Wildman–Crippen LogP) is 3.65. The average Bonchev–Trinajstić information content (AvgIpc) is 2.95. The van der Waals surface area contributed by atoms with Crippen molar-refractivity contribution in [3.63, 3.8) is 0 Å². The number of anilines is 1. The zero-order chi connectivity index (χ0) is 14.8. The molecule has 1 aliphatic heterocycles. The highest BCUT2D eigenvalue weighted by Crippen LogP contribution is 2.24. The number of thiophene rings is 1. The number of nitrogens with zero attached hydrogens (tertiary/aromatic N) is 1. The van der Waals surface area contributed by atoms with E-state index < -0.39 is 0 Å². The van der Waals surface area contributed by atoms with Crippen molar-refractivity contribution in [3.05, 3.63) is 50.4 Å². The lowest BCUT2D eigenvalue weighted by atomic mass is 10.1. The molecule has 1 aromatic heterocycles. The molecule has 0 saturated carbocycles. The summed E-state index contributed by atoms with van der Waals surface area (Å²) < 4.78 is 13.8. The number of benzene rings is 1. The van der Waals surface area contributed by atoms with Gasteiger partial charge in [0, 0.05) is 23.7 Å². The molecular formula is C15H14BrFN2OS. The number of carbonyl (C=O) groups is 1. The van der Waals surface area contributed by atoms with Gasteiger partial charge in [0.1, 0.15) is 5.82 Å². The minimum atomic E-state index is -0.340. The molecule has 3 rings (SSSR count). The van der Waals surface area contributed by atoms with Crippen LogP contribution in [0.4, 0.5) is 10.1 Å². The number of rotatable bonds is 3. The summed E-state index contributed by atoms with van der Waals surface area (Å²) in [7, 11) is 0. The molecule has 1 N–H and O–H groups in total. The molecule has 0 atom stereocenters. The van der Waals surface area contributed by atoms with E-state index in [1.54, 1.807) is 23.5 Å². The number of carbonyl (C=O) groups excluding carboxylic acids is 1. The van der Waals surface area contributed by atoms with Crippen LogP contribution in [0.3, 0.4) is 0 Å². The maximum Gasteiger partial charge on any atom is 0.242 e. The second-order valence-electron chi connectivity index (χ2n) is 4.92. The van der Waals surface area contributed by atoms with Crippen LogP contribution in [0, 0.1) is 5.82 Å². The van der Waals surface area contributed by atoms with E-state index in [-0.39, 0.29) is 18.3 Å². The Balaban J connectivity index is 1.58. The molecule has 0 fully saturated rings. The number of hydrogen-bond donors (Lipinski definition) is 1. The summed E-state index contributed by atoms with van der Waals surface area (Å²) in [6, 6.07) is 6.83. The van der Waals surface area contributed by atoms with Gasteiger partial charge in [0.25, 0.3) is 0 Å². The van der Waals surface area contributed by atoms with E-state index in [4.69, 9.17) is 0 Å². The molecule has 21 heavy (non-hydrogen) atoms. The highest BCUT2D eigenvalue weighted by Gasteiger charge is 2.21. The van der Waals surface area contributed by atoms with Crippen molar-refractivity contribution in [2.45, 2.75) is 13.0 Å². The summed E-state index contributed by atoms with van der Waals surface area (Å²) in [4.78, 5) is 15.4. The van der Waals surface area contributed by atoms with E-state index in [0.29, 0.717) is 16.7 Å². The summed E-state index contributed by atoms with van der Waals surface area (Å²) in [5.74, 6) is -0.302. The van der Waals surface area contributed by atoms with Gasteiger partial charge in [0.2, 0.25) is 5.91 Å². The maximum absolute atomic E-state index is 13.4. The lowest BCUT2D eigenvalue weighted by Crippen LogP contribution is -2.38. The molecule has 6 heteroatoms. The Labute approximate surface area is 134 Å². The number of hydrogen-bond acceptors (Lipinski definition) is 3. The summed E-state index contributed by atoms with van der Waals surface area (Å²) in [5.41, 5.74) is 1.85. The van der Waals surface area contributed by atoms with Gasteiger partial charge in [0.05, 0.1) is 11.0 Å². The Bertz CT molecular complexity index is 673. The van der Waals surface area contributed by atoms with Crippen molar-refractivity contribution in [1.29, 1.82) is 0 Å². The van der Waals surface area contributed by atoms with Gasteiger partial charge in [0.15, 0.2) is 0 Å². The van der Waals surface area contributed by atoms with Crippen molar-refractivity contribution in [2.75, 3.05) is 18.4 Å². The first-order valence-electron chi connectivity index (χ1n) is 6.65. The number of nitrogens with one attached hydrogen (secondary N) is 1. The fourth-order valence-corrected chi connectivity index (χ4v) is 3.49. The molecule has 3 nitrogen and oxygen atoms in total. The van der Waals surface area contributed by atoms with Gasteiger partial charge in [-0.1, -0.05) is 0 Å². The van der Waals surface area contributed by atoms with Crippen LogP contribution in [0.25, 0.3) is 0 Å². The van der Waals surface area contributed by atoms with Crippen molar-refractivity contribution >= 4 is 38.9 Å². The minimum Gasteiger partial charge on any atom is -0.376 e. The monoisotopic (exact) mass is 368 g/mol. The van der Waals surface area contributed by atoms with Crippen LogP contribution in [0.15, 0.2) is 34.1 Å². The Morgan fingerprint density at radius 3 is 3.10 bits per heavy atom. The van der Waals surface area contributed by atoms with Crippen LogP contribution in [-0.2, 0) is 17.8 Å². The van der Waals surface area contributed by atoms with E-state index in [2.05, 4.69) is 32.7 Å². The van der Waals surface area contributed by atoms with Gasteiger partial charge >= 0.3 is 0 Å². The maximum atomic E-state index is 13.4. The van der Waals surface area contributed by atoms with Crippen LogP contribution in [0.2, 0.25) is 0 Å². The van der Waals surface area contributed by atoms with Crippen molar-refractivity contribution < 1.29 is 9.18 Å². The second kappa shape index (κ2) is 6.15. The summed E-state index contributed by atoms with van der Waals surface area (Å²) in [5, 5.41) is 5.05. The molecule has 0 unspecified atom stereocenters. The first-order valence-corrected chi connectivity index (χ1v) is 8.32. The normalized spacial score (nSPS) is 13.9. The highest BCUT2D eigenvalue weighted by molar-refractivity contribution is 9.10. The van der Waals surface area contributed by atoms with Gasteiger partial charge in [-0.2, -0.15) is 0 Å². The first-order chi connectivity index (χ1) is 10.1. The summed E-state index contributed by atoms with van der Waals surface area (Å²) >= 11 is 4.86. The van der Waals surface area contributed by atoms with E-state index in [0.717, 1.165) is 13.0 Å². The van der Waals surface area contributed by atoms with Crippen LogP contribution < -0.4 is 5.32 Å². The molecule has 1 aliphatic rings. The van der Waals surface area contributed by atoms with E-state index >= 15 is 0 Å². The van der Waals surface area contributed by atoms with E-state index in [9.17, 15) is 9.18 Å². The third-order valence-electron chi connectivity index (χ3n) is 3.52. The number of fused-ring (bicyclic) bond motifs is 1. The van der Waals surface area contributed by atoms with Gasteiger partial charge in [-0.25, -0.2) is 4.39 Å². The fraction of sp³-hybridized carbons (Fsp3) is 0.267. The zero-order valence-corrected chi connectivity index (χ0v) is 13.6. The highest BCUT2D eigenvalue weighted by atomic mass is 79.9. The van der Waals surface area contributed by atoms with Crippen molar-refractivity contribution in [2.24, 2.45) is 0 Å². The molecule has 0 spiro atoms. The molecule has 0 aliphatic carbocycles. The van der Waals surface area contributed by atoms with Gasteiger partial charge < -0.3 is 10.2 Å². The molecule has 0 saturated heterocycles. The Hall–Kier alpha value is -1.40. The van der Waals surface area contributed by atoms with E-state index in [1.807, 2.05) is 4.90 Å². The summed E-state index contributed by atoms with van der Waals surface area (Å²) in [6.07, 6.45) is 0.922. The second-order valence-corrected chi connectivity index (χ2v) is 6.77. The zero-order valence-electron chi connectivity index (χ0n) is 11.2. The molecule has 0 bridgehead atoms. The number of halogens is 2. The fourth-order valence-electron chi connectivity index (χ4n) is 2.36. The third kappa shape index (κ3) is 3.27. The molecule has 0 radical (unpaired) electrons. The Kier molecular flexibility index (Phi) is 4.26. The minimum absolute atomic E-state index is 0.0372. The topological polar surface area (TPSA) is 32.3 Å². The number of amides is 1. The smallest absolute Gasteiger partial charge is 0.242 e. The van der Waals surface area contributed by atoms with Crippen LogP contribution in [-0.4, -0.2) is 23.9 Å². The van der Waals surface area contributed by atoms with E-state index in [1.165, 1.54) is 16.5 Å². The summed E-state index contributed by atoms with van der Waals surface area (Å²) in [6.45, 7) is 1.61. The SMILES string of the molecule is O=C(CNc1ccc(Br)c(F)c1)N1CCc2sccc2C1. The third-order valence-corrected chi connectivity index (χ3v) is 5.19.